The van der Waals surface area contributed by atoms with Crippen molar-refractivity contribution in [2.75, 3.05) is 11.9 Å². The van der Waals surface area contributed by atoms with Crippen LogP contribution in [-0.2, 0) is 11.3 Å². The number of benzene rings is 2. The van der Waals surface area contributed by atoms with Gasteiger partial charge in [0.1, 0.15) is 0 Å². The van der Waals surface area contributed by atoms with Crippen molar-refractivity contribution in [2.45, 2.75) is 19.6 Å². The van der Waals surface area contributed by atoms with Gasteiger partial charge >= 0.3 is 0 Å². The first-order valence-corrected chi connectivity index (χ1v) is 6.95. The summed E-state index contributed by atoms with van der Waals surface area (Å²) in [6.45, 7) is 2.65. The number of nitrogens with one attached hydrogen (secondary N) is 2. The van der Waals surface area contributed by atoms with Crippen LogP contribution in [0.25, 0.3) is 0 Å². The highest BCUT2D eigenvalue weighted by Gasteiger charge is 2.05. The van der Waals surface area contributed by atoms with Gasteiger partial charge in [-0.2, -0.15) is 0 Å². The van der Waals surface area contributed by atoms with Crippen LogP contribution in [0.2, 0.25) is 0 Å². The van der Waals surface area contributed by atoms with Crippen molar-refractivity contribution in [3.63, 3.8) is 0 Å². The molecule has 4 nitrogen and oxygen atoms in total. The topological polar surface area (TPSA) is 61.4 Å². The van der Waals surface area contributed by atoms with Gasteiger partial charge in [-0.1, -0.05) is 42.5 Å². The first-order chi connectivity index (χ1) is 10.1. The molecule has 0 saturated carbocycles. The Balaban J connectivity index is 1.79. The number of amides is 1. The molecule has 0 fully saturated rings. The van der Waals surface area contributed by atoms with E-state index in [-0.39, 0.29) is 5.91 Å². The first-order valence-electron chi connectivity index (χ1n) is 6.95. The molecular weight excluding hydrogens is 264 g/mol. The van der Waals surface area contributed by atoms with Crippen LogP contribution >= 0.6 is 0 Å². The largest absolute Gasteiger partial charge is 0.387 e. The molecule has 2 aromatic carbocycles. The normalized spacial score (nSPS) is 11.9. The van der Waals surface area contributed by atoms with Gasteiger partial charge in [0.25, 0.3) is 0 Å². The summed E-state index contributed by atoms with van der Waals surface area (Å²) in [5.74, 6) is -0.0770. The number of carbonyl (C=O) groups excluding carboxylic acids is 1. The molecule has 0 bridgehead atoms. The molecule has 0 radical (unpaired) electrons. The van der Waals surface area contributed by atoms with Crippen LogP contribution in [0.15, 0.2) is 54.6 Å². The van der Waals surface area contributed by atoms with E-state index < -0.39 is 6.10 Å². The minimum Gasteiger partial charge on any atom is -0.387 e. The van der Waals surface area contributed by atoms with Gasteiger partial charge < -0.3 is 15.7 Å². The molecule has 0 unspecified atom stereocenters. The molecule has 4 heteroatoms. The zero-order valence-electron chi connectivity index (χ0n) is 12.0. The Hall–Kier alpha value is -2.17. The third-order valence-electron chi connectivity index (χ3n) is 3.13. The first kappa shape index (κ1) is 15.2. The van der Waals surface area contributed by atoms with Gasteiger partial charge in [0, 0.05) is 25.7 Å². The highest BCUT2D eigenvalue weighted by Crippen LogP contribution is 2.12. The van der Waals surface area contributed by atoms with E-state index in [2.05, 4.69) is 10.6 Å². The zero-order valence-corrected chi connectivity index (χ0v) is 12.0. The molecule has 110 valence electrons. The minimum atomic E-state index is -0.509. The summed E-state index contributed by atoms with van der Waals surface area (Å²) in [4.78, 5) is 10.9. The lowest BCUT2D eigenvalue weighted by Gasteiger charge is -2.12. The van der Waals surface area contributed by atoms with Crippen LogP contribution in [0.4, 0.5) is 5.69 Å². The van der Waals surface area contributed by atoms with Gasteiger partial charge in [-0.05, 0) is 23.3 Å². The van der Waals surface area contributed by atoms with Crippen molar-refractivity contribution in [3.8, 4) is 0 Å². The molecule has 0 aliphatic carbocycles. The molecule has 3 N–H and O–H groups in total. The van der Waals surface area contributed by atoms with Crippen molar-refractivity contribution in [1.82, 2.24) is 5.32 Å². The van der Waals surface area contributed by atoms with E-state index >= 15 is 0 Å². The molecule has 2 aromatic rings. The number of hydrogen-bond acceptors (Lipinski definition) is 3. The van der Waals surface area contributed by atoms with Gasteiger partial charge in [-0.15, -0.1) is 0 Å². The van der Waals surface area contributed by atoms with Crippen LogP contribution in [0, 0.1) is 0 Å². The summed E-state index contributed by atoms with van der Waals surface area (Å²) < 4.78 is 0. The van der Waals surface area contributed by atoms with Crippen molar-refractivity contribution in [1.29, 1.82) is 0 Å². The molecule has 2 rings (SSSR count). The number of rotatable bonds is 6. The van der Waals surface area contributed by atoms with E-state index in [1.807, 2.05) is 54.6 Å². The molecule has 0 aliphatic rings. The Bertz CT molecular complexity index is 567. The van der Waals surface area contributed by atoms with Crippen molar-refractivity contribution >= 4 is 11.6 Å². The zero-order chi connectivity index (χ0) is 15.1. The van der Waals surface area contributed by atoms with Crippen LogP contribution in [0.1, 0.15) is 24.2 Å². The highest BCUT2D eigenvalue weighted by molar-refractivity contribution is 5.88. The van der Waals surface area contributed by atoms with Crippen LogP contribution < -0.4 is 10.6 Å². The Morgan fingerprint density at radius 3 is 2.38 bits per heavy atom. The third kappa shape index (κ3) is 5.02. The van der Waals surface area contributed by atoms with Crippen molar-refractivity contribution in [2.24, 2.45) is 0 Å². The maximum atomic E-state index is 10.9. The monoisotopic (exact) mass is 284 g/mol. The molecule has 0 spiro atoms. The van der Waals surface area contributed by atoms with E-state index in [1.165, 1.54) is 6.92 Å². The summed E-state index contributed by atoms with van der Waals surface area (Å²) in [7, 11) is 0. The fourth-order valence-corrected chi connectivity index (χ4v) is 2.06. The summed E-state index contributed by atoms with van der Waals surface area (Å²) in [6, 6.07) is 17.2. The quantitative estimate of drug-likeness (QED) is 0.763. The average Bonchev–Trinajstić information content (AvgIpc) is 2.49. The smallest absolute Gasteiger partial charge is 0.221 e. The molecule has 0 aromatic heterocycles. The minimum absolute atomic E-state index is 0.0770. The second kappa shape index (κ2) is 7.57. The fraction of sp³-hybridized carbons (Fsp3) is 0.235. The predicted molar refractivity (Wildman–Crippen MR) is 83.9 cm³/mol. The van der Waals surface area contributed by atoms with Gasteiger partial charge in [-0.3, -0.25) is 4.79 Å². The molecule has 0 saturated heterocycles. The summed E-state index contributed by atoms with van der Waals surface area (Å²) in [5, 5.41) is 16.0. The van der Waals surface area contributed by atoms with E-state index in [0.29, 0.717) is 13.1 Å². The van der Waals surface area contributed by atoms with Gasteiger partial charge in [0.05, 0.1) is 6.10 Å². The lowest BCUT2D eigenvalue weighted by molar-refractivity contribution is -0.114. The van der Waals surface area contributed by atoms with Crippen LogP contribution in [0.5, 0.6) is 0 Å². The number of aliphatic hydroxyl groups is 1. The van der Waals surface area contributed by atoms with E-state index in [9.17, 15) is 9.90 Å². The Morgan fingerprint density at radius 2 is 1.76 bits per heavy atom. The van der Waals surface area contributed by atoms with Crippen molar-refractivity contribution < 1.29 is 9.90 Å². The number of carbonyl (C=O) groups is 1. The molecule has 0 heterocycles. The Kier molecular flexibility index (Phi) is 5.49. The second-order valence-corrected chi connectivity index (χ2v) is 4.94. The maximum absolute atomic E-state index is 10.9. The highest BCUT2D eigenvalue weighted by atomic mass is 16.3. The summed E-state index contributed by atoms with van der Waals surface area (Å²) in [5.41, 5.74) is 2.80. The number of aliphatic hydroxyl groups excluding tert-OH is 1. The van der Waals surface area contributed by atoms with E-state index in [0.717, 1.165) is 16.8 Å². The molecule has 21 heavy (non-hydrogen) atoms. The molecular formula is C17H20N2O2. The van der Waals surface area contributed by atoms with E-state index in [4.69, 9.17) is 0 Å². The van der Waals surface area contributed by atoms with Crippen molar-refractivity contribution in [3.05, 3.63) is 65.7 Å². The maximum Gasteiger partial charge on any atom is 0.221 e. The summed E-state index contributed by atoms with van der Waals surface area (Å²) in [6.07, 6.45) is -0.509. The Labute approximate surface area is 124 Å². The van der Waals surface area contributed by atoms with Gasteiger partial charge in [0.15, 0.2) is 0 Å². The van der Waals surface area contributed by atoms with E-state index in [1.54, 1.807) is 0 Å². The van der Waals surface area contributed by atoms with Gasteiger partial charge in [-0.25, -0.2) is 0 Å². The standard InChI is InChI=1S/C17H20N2O2/c1-13(20)19-16-9-7-14(8-10-16)11-18-12-17(21)15-5-3-2-4-6-15/h2-10,17-18,21H,11-12H2,1H3,(H,19,20)/t17-/m0/s1. The third-order valence-corrected chi connectivity index (χ3v) is 3.13. The molecule has 0 aliphatic heterocycles. The Morgan fingerprint density at radius 1 is 1.10 bits per heavy atom. The SMILES string of the molecule is CC(=O)Nc1ccc(CNC[C@H](O)c2ccccc2)cc1. The fourth-order valence-electron chi connectivity index (χ4n) is 2.06. The number of hydrogen-bond donors (Lipinski definition) is 3. The second-order valence-electron chi connectivity index (χ2n) is 4.94. The average molecular weight is 284 g/mol. The number of anilines is 1. The predicted octanol–water partition coefficient (Wildman–Crippen LogP) is 2.47. The molecule has 1 amide bonds. The molecule has 1 atom stereocenters. The summed E-state index contributed by atoms with van der Waals surface area (Å²) >= 11 is 0. The van der Waals surface area contributed by atoms with Gasteiger partial charge in [0.2, 0.25) is 5.91 Å². The van der Waals surface area contributed by atoms with Crippen LogP contribution in [0.3, 0.4) is 0 Å². The van der Waals surface area contributed by atoms with Crippen LogP contribution in [-0.4, -0.2) is 17.6 Å². The lowest BCUT2D eigenvalue weighted by Crippen LogP contribution is -2.21. The lowest BCUT2D eigenvalue weighted by atomic mass is 10.1.